The number of anilines is 1. The van der Waals surface area contributed by atoms with E-state index in [4.69, 9.17) is 4.74 Å². The Morgan fingerprint density at radius 2 is 1.73 bits per heavy atom. The van der Waals surface area contributed by atoms with E-state index in [2.05, 4.69) is 13.8 Å². The van der Waals surface area contributed by atoms with Crippen LogP contribution >= 0.6 is 0 Å². The van der Waals surface area contributed by atoms with Gasteiger partial charge < -0.3 is 19.4 Å². The third-order valence-corrected chi connectivity index (χ3v) is 6.11. The molecule has 6 heteroatoms. The highest BCUT2D eigenvalue weighted by Gasteiger charge is 2.27. The molecule has 6 nitrogen and oxygen atoms in total. The number of carbonyl (C=O) groups is 2. The summed E-state index contributed by atoms with van der Waals surface area (Å²) in [5.74, 6) is 0.983. The lowest BCUT2D eigenvalue weighted by Gasteiger charge is -2.34. The first kappa shape index (κ1) is 24.6. The highest BCUT2D eigenvalue weighted by molar-refractivity contribution is 5.97. The summed E-state index contributed by atoms with van der Waals surface area (Å²) < 4.78 is 6.21. The van der Waals surface area contributed by atoms with Gasteiger partial charge in [0.2, 0.25) is 0 Å². The van der Waals surface area contributed by atoms with Crippen LogP contribution in [0.2, 0.25) is 0 Å². The van der Waals surface area contributed by atoms with Crippen molar-refractivity contribution in [3.63, 3.8) is 0 Å². The lowest BCUT2D eigenvalue weighted by atomic mass is 10.0. The number of ether oxygens (including phenoxy) is 1. The summed E-state index contributed by atoms with van der Waals surface area (Å²) >= 11 is 0. The molecule has 0 N–H and O–H groups in total. The zero-order chi connectivity index (χ0) is 24.0. The van der Waals surface area contributed by atoms with E-state index >= 15 is 0 Å². The summed E-state index contributed by atoms with van der Waals surface area (Å²) in [6, 6.07) is 15.1. The van der Waals surface area contributed by atoms with Gasteiger partial charge in [0.15, 0.2) is 0 Å². The number of nitrogens with zero attached hydrogens (tertiary/aromatic N) is 3. The van der Waals surface area contributed by atoms with Gasteiger partial charge in [0.25, 0.3) is 11.8 Å². The van der Waals surface area contributed by atoms with Gasteiger partial charge in [-0.25, -0.2) is 0 Å². The summed E-state index contributed by atoms with van der Waals surface area (Å²) in [6.45, 7) is 5.96. The molecule has 2 amide bonds. The van der Waals surface area contributed by atoms with E-state index < -0.39 is 0 Å². The standard InChI is InChI=1S/C27H37N3O3/c1-20(2)18-23-19-33-25-11-7-6-10-24(25)27(32)29(5)16-8-9-17-30(23)26(31)21-12-14-22(15-13-21)28(3)4/h6-7,10-15,20,23H,8-9,16-19H2,1-5H3/t23-/m0/s1. The van der Waals surface area contributed by atoms with Crippen molar-refractivity contribution >= 4 is 17.5 Å². The highest BCUT2D eigenvalue weighted by Crippen LogP contribution is 2.24. The topological polar surface area (TPSA) is 53.1 Å². The third kappa shape index (κ3) is 6.28. The first-order chi connectivity index (χ1) is 15.8. The van der Waals surface area contributed by atoms with Gasteiger partial charge in [-0.3, -0.25) is 9.59 Å². The predicted molar refractivity (Wildman–Crippen MR) is 133 cm³/mol. The molecule has 1 heterocycles. The van der Waals surface area contributed by atoms with E-state index in [0.717, 1.165) is 24.9 Å². The van der Waals surface area contributed by atoms with Crippen molar-refractivity contribution < 1.29 is 14.3 Å². The molecule has 0 saturated carbocycles. The first-order valence-corrected chi connectivity index (χ1v) is 11.8. The number of hydrogen-bond donors (Lipinski definition) is 0. The molecule has 0 fully saturated rings. The Morgan fingerprint density at radius 3 is 2.39 bits per heavy atom. The number of amides is 2. The number of carbonyl (C=O) groups excluding carboxylic acids is 2. The molecule has 2 aromatic carbocycles. The summed E-state index contributed by atoms with van der Waals surface area (Å²) in [4.78, 5) is 32.3. The van der Waals surface area contributed by atoms with Crippen LogP contribution in [0.3, 0.4) is 0 Å². The summed E-state index contributed by atoms with van der Waals surface area (Å²) in [6.07, 6.45) is 2.50. The van der Waals surface area contributed by atoms with E-state index in [-0.39, 0.29) is 17.9 Å². The Kier molecular flexibility index (Phi) is 8.37. The molecule has 1 atom stereocenters. The van der Waals surface area contributed by atoms with Gasteiger partial charge in [0, 0.05) is 45.5 Å². The van der Waals surface area contributed by atoms with Crippen molar-refractivity contribution in [2.45, 2.75) is 39.2 Å². The van der Waals surface area contributed by atoms with E-state index in [1.807, 2.05) is 79.5 Å². The van der Waals surface area contributed by atoms with Crippen LogP contribution in [0, 0.1) is 5.92 Å². The molecular formula is C27H37N3O3. The minimum Gasteiger partial charge on any atom is -0.491 e. The zero-order valence-electron chi connectivity index (χ0n) is 20.6. The molecule has 0 spiro atoms. The van der Waals surface area contributed by atoms with Crippen LogP contribution in [0.15, 0.2) is 48.5 Å². The highest BCUT2D eigenvalue weighted by atomic mass is 16.5. The monoisotopic (exact) mass is 451 g/mol. The van der Waals surface area contributed by atoms with Gasteiger partial charge in [-0.2, -0.15) is 0 Å². The fraction of sp³-hybridized carbons (Fsp3) is 0.481. The maximum Gasteiger partial charge on any atom is 0.257 e. The van der Waals surface area contributed by atoms with Crippen LogP contribution in [-0.2, 0) is 0 Å². The van der Waals surface area contributed by atoms with Gasteiger partial charge >= 0.3 is 0 Å². The third-order valence-electron chi connectivity index (χ3n) is 6.11. The Bertz CT molecular complexity index is 940. The molecule has 1 aliphatic heterocycles. The fourth-order valence-electron chi connectivity index (χ4n) is 4.24. The largest absolute Gasteiger partial charge is 0.491 e. The first-order valence-electron chi connectivity index (χ1n) is 11.8. The van der Waals surface area contributed by atoms with Crippen LogP contribution in [0.1, 0.15) is 53.8 Å². The van der Waals surface area contributed by atoms with E-state index in [0.29, 0.717) is 42.5 Å². The van der Waals surface area contributed by atoms with Gasteiger partial charge in [0.1, 0.15) is 12.4 Å². The Morgan fingerprint density at radius 1 is 1.06 bits per heavy atom. The zero-order valence-corrected chi connectivity index (χ0v) is 20.6. The quantitative estimate of drug-likeness (QED) is 0.684. The number of benzene rings is 2. The van der Waals surface area contributed by atoms with Crippen LogP contribution < -0.4 is 9.64 Å². The molecule has 0 bridgehead atoms. The molecule has 0 unspecified atom stereocenters. The molecule has 178 valence electrons. The molecule has 1 aliphatic rings. The van der Waals surface area contributed by atoms with Crippen molar-refractivity contribution in [1.29, 1.82) is 0 Å². The van der Waals surface area contributed by atoms with E-state index in [1.54, 1.807) is 4.90 Å². The minimum atomic E-state index is -0.0775. The molecule has 0 aliphatic carbocycles. The number of rotatable bonds is 4. The summed E-state index contributed by atoms with van der Waals surface area (Å²) in [5.41, 5.74) is 2.32. The molecule has 0 radical (unpaired) electrons. The van der Waals surface area contributed by atoms with Gasteiger partial charge in [-0.05, 0) is 61.6 Å². The van der Waals surface area contributed by atoms with Crippen LogP contribution in [-0.4, -0.2) is 68.5 Å². The molecule has 0 saturated heterocycles. The normalized spacial score (nSPS) is 17.6. The Labute approximate surface area is 198 Å². The second kappa shape index (κ2) is 11.2. The van der Waals surface area contributed by atoms with Crippen LogP contribution in [0.5, 0.6) is 5.75 Å². The Hall–Kier alpha value is -3.02. The Balaban J connectivity index is 1.92. The molecule has 3 rings (SSSR count). The average Bonchev–Trinajstić information content (AvgIpc) is 2.80. The fourth-order valence-corrected chi connectivity index (χ4v) is 4.24. The second-order valence-corrected chi connectivity index (χ2v) is 9.46. The van der Waals surface area contributed by atoms with Crippen molar-refractivity contribution in [3.05, 3.63) is 59.7 Å². The van der Waals surface area contributed by atoms with Crippen LogP contribution in [0.4, 0.5) is 5.69 Å². The summed E-state index contributed by atoms with van der Waals surface area (Å²) in [5, 5.41) is 0. The number of hydrogen-bond acceptors (Lipinski definition) is 4. The lowest BCUT2D eigenvalue weighted by molar-refractivity contribution is 0.0559. The van der Waals surface area contributed by atoms with E-state index in [9.17, 15) is 9.59 Å². The molecular weight excluding hydrogens is 414 g/mol. The maximum absolute atomic E-state index is 13.6. The second-order valence-electron chi connectivity index (χ2n) is 9.46. The molecule has 0 aromatic heterocycles. The number of fused-ring (bicyclic) bond motifs is 1. The lowest BCUT2D eigenvalue weighted by Crippen LogP contribution is -2.45. The van der Waals surface area contributed by atoms with E-state index in [1.165, 1.54) is 0 Å². The van der Waals surface area contributed by atoms with Crippen LogP contribution in [0.25, 0.3) is 0 Å². The maximum atomic E-state index is 13.6. The van der Waals surface area contributed by atoms with Crippen molar-refractivity contribution in [3.8, 4) is 5.75 Å². The average molecular weight is 452 g/mol. The van der Waals surface area contributed by atoms with Gasteiger partial charge in [-0.15, -0.1) is 0 Å². The molecule has 33 heavy (non-hydrogen) atoms. The van der Waals surface area contributed by atoms with Crippen molar-refractivity contribution in [2.75, 3.05) is 45.7 Å². The van der Waals surface area contributed by atoms with Gasteiger partial charge in [-0.1, -0.05) is 26.0 Å². The smallest absolute Gasteiger partial charge is 0.257 e. The summed E-state index contributed by atoms with van der Waals surface area (Å²) in [7, 11) is 5.80. The van der Waals surface area contributed by atoms with Gasteiger partial charge in [0.05, 0.1) is 11.6 Å². The van der Waals surface area contributed by atoms with Crippen molar-refractivity contribution in [2.24, 2.45) is 5.92 Å². The predicted octanol–water partition coefficient (Wildman–Crippen LogP) is 4.55. The van der Waals surface area contributed by atoms with Crippen molar-refractivity contribution in [1.82, 2.24) is 9.80 Å². The SMILES string of the molecule is CC(C)C[C@H]1COc2ccccc2C(=O)N(C)CCCCN1C(=O)c1ccc(N(C)C)cc1. The number of para-hydroxylation sites is 1. The molecule has 2 aromatic rings. The minimum absolute atomic E-state index is 0.0273.